The van der Waals surface area contributed by atoms with E-state index in [-0.39, 0.29) is 12.0 Å². The summed E-state index contributed by atoms with van der Waals surface area (Å²) in [5.41, 5.74) is -0.171. The van der Waals surface area contributed by atoms with Crippen molar-refractivity contribution in [2.75, 3.05) is 0 Å². The number of aliphatic hydroxyl groups excluding tert-OH is 2. The van der Waals surface area contributed by atoms with E-state index in [1.165, 1.54) is 0 Å². The van der Waals surface area contributed by atoms with Gasteiger partial charge in [0, 0.05) is 0 Å². The first kappa shape index (κ1) is 8.26. The Kier molecular flexibility index (Phi) is 3.05. The SMILES string of the molecule is CCC(=C(O)O)C(O)O. The predicted octanol–water partition coefficient (Wildman–Crippen LogP) is 0.0347. The summed E-state index contributed by atoms with van der Waals surface area (Å²) >= 11 is 0. The molecule has 54 valence electrons. The van der Waals surface area contributed by atoms with Crippen LogP contribution in [0.5, 0.6) is 0 Å². The zero-order chi connectivity index (χ0) is 7.44. The van der Waals surface area contributed by atoms with Crippen molar-refractivity contribution in [2.45, 2.75) is 19.6 Å². The number of rotatable bonds is 2. The number of aliphatic hydroxyl groups is 4. The van der Waals surface area contributed by atoms with Crippen LogP contribution in [0.3, 0.4) is 0 Å². The smallest absolute Gasteiger partial charge is 0.278 e. The van der Waals surface area contributed by atoms with Crippen LogP contribution in [0.1, 0.15) is 13.3 Å². The summed E-state index contributed by atoms with van der Waals surface area (Å²) in [4.78, 5) is 0. The summed E-state index contributed by atoms with van der Waals surface area (Å²) in [6, 6.07) is 0. The molecular weight excluding hydrogens is 124 g/mol. The zero-order valence-electron chi connectivity index (χ0n) is 5.07. The van der Waals surface area contributed by atoms with Crippen LogP contribution >= 0.6 is 0 Å². The molecule has 0 spiro atoms. The molecule has 0 aliphatic heterocycles. The van der Waals surface area contributed by atoms with E-state index in [0.29, 0.717) is 0 Å². The van der Waals surface area contributed by atoms with E-state index in [9.17, 15) is 0 Å². The maximum absolute atomic E-state index is 8.36. The molecule has 0 aliphatic rings. The first-order valence-corrected chi connectivity index (χ1v) is 2.56. The highest BCUT2D eigenvalue weighted by atomic mass is 16.5. The molecule has 4 nitrogen and oxygen atoms in total. The lowest BCUT2D eigenvalue weighted by Gasteiger charge is -2.04. The fraction of sp³-hybridized carbons (Fsp3) is 0.600. The molecule has 0 atom stereocenters. The lowest BCUT2D eigenvalue weighted by molar-refractivity contribution is -0.0184. The van der Waals surface area contributed by atoms with Gasteiger partial charge in [-0.1, -0.05) is 6.92 Å². The quantitative estimate of drug-likeness (QED) is 0.317. The van der Waals surface area contributed by atoms with Gasteiger partial charge in [-0.3, -0.25) is 0 Å². The van der Waals surface area contributed by atoms with Crippen LogP contribution in [0.4, 0.5) is 0 Å². The molecule has 0 heterocycles. The van der Waals surface area contributed by atoms with Crippen LogP contribution in [0, 0.1) is 0 Å². The van der Waals surface area contributed by atoms with Gasteiger partial charge in [0.1, 0.15) is 0 Å². The highest BCUT2D eigenvalue weighted by Crippen LogP contribution is 2.06. The van der Waals surface area contributed by atoms with Gasteiger partial charge in [0.15, 0.2) is 6.29 Å². The molecule has 0 radical (unpaired) electrons. The van der Waals surface area contributed by atoms with E-state index in [1.807, 2.05) is 0 Å². The first-order chi connectivity index (χ1) is 4.09. The molecule has 0 saturated heterocycles. The van der Waals surface area contributed by atoms with Gasteiger partial charge in [-0.05, 0) is 6.42 Å². The highest BCUT2D eigenvalue weighted by molar-refractivity contribution is 5.02. The van der Waals surface area contributed by atoms with E-state index in [2.05, 4.69) is 0 Å². The third kappa shape index (κ3) is 2.34. The van der Waals surface area contributed by atoms with Gasteiger partial charge in [-0.25, -0.2) is 0 Å². The molecule has 0 unspecified atom stereocenters. The topological polar surface area (TPSA) is 80.9 Å². The summed E-state index contributed by atoms with van der Waals surface area (Å²) in [5, 5.41) is 33.3. The van der Waals surface area contributed by atoms with E-state index in [4.69, 9.17) is 20.4 Å². The second-order valence-corrected chi connectivity index (χ2v) is 1.58. The van der Waals surface area contributed by atoms with Crippen LogP contribution < -0.4 is 0 Å². The fourth-order valence-corrected chi connectivity index (χ4v) is 0.456. The van der Waals surface area contributed by atoms with Crippen LogP contribution in [0.2, 0.25) is 0 Å². The van der Waals surface area contributed by atoms with Crippen molar-refractivity contribution in [3.05, 3.63) is 11.5 Å². The Morgan fingerprint density at radius 3 is 1.78 bits per heavy atom. The maximum atomic E-state index is 8.36. The van der Waals surface area contributed by atoms with Crippen molar-refractivity contribution in [1.29, 1.82) is 0 Å². The maximum Gasteiger partial charge on any atom is 0.278 e. The highest BCUT2D eigenvalue weighted by Gasteiger charge is 2.09. The Morgan fingerprint density at radius 1 is 1.33 bits per heavy atom. The molecule has 0 bridgehead atoms. The van der Waals surface area contributed by atoms with Crippen LogP contribution in [-0.4, -0.2) is 26.7 Å². The minimum atomic E-state index is -1.76. The first-order valence-electron chi connectivity index (χ1n) is 2.56. The zero-order valence-corrected chi connectivity index (χ0v) is 5.07. The Morgan fingerprint density at radius 2 is 1.78 bits per heavy atom. The second-order valence-electron chi connectivity index (χ2n) is 1.58. The van der Waals surface area contributed by atoms with Gasteiger partial charge in [0.2, 0.25) is 0 Å². The van der Waals surface area contributed by atoms with Crippen molar-refractivity contribution in [2.24, 2.45) is 0 Å². The molecule has 4 heteroatoms. The second kappa shape index (κ2) is 3.32. The summed E-state index contributed by atoms with van der Waals surface area (Å²) in [5.74, 6) is -1.01. The number of hydrogen-bond acceptors (Lipinski definition) is 4. The Bertz CT molecular complexity index is 112. The van der Waals surface area contributed by atoms with Crippen molar-refractivity contribution in [3.8, 4) is 0 Å². The predicted molar refractivity (Wildman–Crippen MR) is 30.8 cm³/mol. The normalized spacial score (nSPS) is 9.78. The van der Waals surface area contributed by atoms with Gasteiger partial charge in [0.25, 0.3) is 5.95 Å². The van der Waals surface area contributed by atoms with Gasteiger partial charge in [-0.15, -0.1) is 0 Å². The summed E-state index contributed by atoms with van der Waals surface area (Å²) < 4.78 is 0. The summed E-state index contributed by atoms with van der Waals surface area (Å²) in [6.45, 7) is 1.58. The van der Waals surface area contributed by atoms with Crippen LogP contribution in [0.25, 0.3) is 0 Å². The molecular formula is C5H10O4. The van der Waals surface area contributed by atoms with Crippen molar-refractivity contribution < 1.29 is 20.4 Å². The van der Waals surface area contributed by atoms with Crippen molar-refractivity contribution in [3.63, 3.8) is 0 Å². The molecule has 0 rings (SSSR count). The van der Waals surface area contributed by atoms with Crippen molar-refractivity contribution in [1.82, 2.24) is 0 Å². The van der Waals surface area contributed by atoms with E-state index >= 15 is 0 Å². The third-order valence-corrected chi connectivity index (χ3v) is 0.980. The average Bonchev–Trinajstić information content (AvgIpc) is 1.64. The molecule has 0 aromatic rings. The van der Waals surface area contributed by atoms with Crippen LogP contribution in [0.15, 0.2) is 11.5 Å². The summed E-state index contributed by atoms with van der Waals surface area (Å²) in [7, 11) is 0. The monoisotopic (exact) mass is 134 g/mol. The van der Waals surface area contributed by atoms with E-state index in [1.54, 1.807) is 6.92 Å². The molecule has 0 aliphatic carbocycles. The number of hydrogen-bond donors (Lipinski definition) is 4. The summed E-state index contributed by atoms with van der Waals surface area (Å²) in [6.07, 6.45) is -1.56. The molecule has 0 amide bonds. The molecule has 9 heavy (non-hydrogen) atoms. The lowest BCUT2D eigenvalue weighted by Crippen LogP contribution is -2.10. The molecule has 4 N–H and O–H groups in total. The fourth-order valence-electron chi connectivity index (χ4n) is 0.456. The van der Waals surface area contributed by atoms with Crippen LogP contribution in [-0.2, 0) is 0 Å². The molecule has 0 aromatic heterocycles. The van der Waals surface area contributed by atoms with Gasteiger partial charge in [-0.2, -0.15) is 0 Å². The average molecular weight is 134 g/mol. The minimum Gasteiger partial charge on any atom is -0.481 e. The Labute approximate surface area is 52.7 Å². The molecule has 0 aromatic carbocycles. The third-order valence-electron chi connectivity index (χ3n) is 0.980. The molecule has 0 saturated carbocycles. The Hall–Kier alpha value is -0.740. The van der Waals surface area contributed by atoms with Gasteiger partial charge >= 0.3 is 0 Å². The van der Waals surface area contributed by atoms with Gasteiger partial charge < -0.3 is 20.4 Å². The largest absolute Gasteiger partial charge is 0.481 e. The Balaban J connectivity index is 4.16. The van der Waals surface area contributed by atoms with Gasteiger partial charge in [0.05, 0.1) is 5.57 Å². The van der Waals surface area contributed by atoms with E-state index < -0.39 is 12.2 Å². The van der Waals surface area contributed by atoms with E-state index in [0.717, 1.165) is 0 Å². The van der Waals surface area contributed by atoms with Crippen molar-refractivity contribution >= 4 is 0 Å². The minimum absolute atomic E-state index is 0.171. The lowest BCUT2D eigenvalue weighted by atomic mass is 10.2. The standard InChI is InChI=1S/C5H10O4/c1-2-3(4(6)7)5(8)9/h4,6-9H,2H2,1H3. The molecule has 0 fully saturated rings.